The molecule has 1 aromatic heterocycles. The van der Waals surface area contributed by atoms with Crippen LogP contribution in [-0.2, 0) is 6.54 Å². The smallest absolute Gasteiger partial charge is 0.165 e. The van der Waals surface area contributed by atoms with Crippen LogP contribution >= 0.6 is 0 Å². The third-order valence-corrected chi connectivity index (χ3v) is 3.18. The third kappa shape index (κ3) is 2.67. The highest BCUT2D eigenvalue weighted by Gasteiger charge is 2.09. The summed E-state index contributed by atoms with van der Waals surface area (Å²) in [6, 6.07) is 10.1. The highest BCUT2D eigenvalue weighted by Crippen LogP contribution is 2.30. The molecule has 1 N–H and O–H groups in total. The van der Waals surface area contributed by atoms with Crippen LogP contribution in [-0.4, -0.2) is 18.9 Å². The summed E-state index contributed by atoms with van der Waals surface area (Å²) in [6.07, 6.45) is 0. The number of nitrogens with one attached hydrogen (secondary N) is 1. The molecule has 2 aromatic rings. The number of ether oxygens (including phenoxy) is 2. The predicted molar refractivity (Wildman–Crippen MR) is 76.5 cm³/mol. The first-order valence-electron chi connectivity index (χ1n) is 6.26. The lowest BCUT2D eigenvalue weighted by Crippen LogP contribution is -2.17. The van der Waals surface area contributed by atoms with Gasteiger partial charge >= 0.3 is 0 Å². The highest BCUT2D eigenvalue weighted by atomic mass is 16.5. The van der Waals surface area contributed by atoms with Crippen LogP contribution in [0, 0.1) is 13.8 Å². The first kappa shape index (κ1) is 13.3. The fourth-order valence-electron chi connectivity index (χ4n) is 2.17. The average molecular weight is 260 g/mol. The summed E-state index contributed by atoms with van der Waals surface area (Å²) in [7, 11) is 3.31. The van der Waals surface area contributed by atoms with Crippen molar-refractivity contribution in [2.45, 2.75) is 20.4 Å². The second-order valence-electron chi connectivity index (χ2n) is 4.44. The molecule has 4 heteroatoms. The fraction of sp³-hybridized carbons (Fsp3) is 0.333. The summed E-state index contributed by atoms with van der Waals surface area (Å²) >= 11 is 0. The maximum Gasteiger partial charge on any atom is 0.165 e. The molecule has 0 amide bonds. The van der Waals surface area contributed by atoms with Gasteiger partial charge in [-0.15, -0.1) is 0 Å². The molecule has 0 aliphatic carbocycles. The summed E-state index contributed by atoms with van der Waals surface area (Å²) < 4.78 is 12.8. The molecule has 0 fully saturated rings. The van der Waals surface area contributed by atoms with Crippen molar-refractivity contribution < 1.29 is 9.47 Å². The zero-order valence-corrected chi connectivity index (χ0v) is 11.9. The highest BCUT2D eigenvalue weighted by molar-refractivity contribution is 5.47. The van der Waals surface area contributed by atoms with Gasteiger partial charge in [0.05, 0.1) is 20.8 Å². The van der Waals surface area contributed by atoms with Gasteiger partial charge in [0.15, 0.2) is 11.5 Å². The molecule has 0 saturated heterocycles. The Morgan fingerprint density at radius 3 is 2.26 bits per heavy atom. The molecule has 0 aliphatic heterocycles. The molecule has 0 spiro atoms. The number of rotatable bonds is 5. The van der Waals surface area contributed by atoms with Gasteiger partial charge in [-0.05, 0) is 32.0 Å². The molecule has 0 unspecified atom stereocenters. The van der Waals surface area contributed by atoms with Crippen LogP contribution in [0.3, 0.4) is 0 Å². The molecular formula is C15H20N2O2. The molecule has 1 aromatic carbocycles. The van der Waals surface area contributed by atoms with Crippen molar-refractivity contribution in [3.63, 3.8) is 0 Å². The minimum absolute atomic E-state index is 0.677. The molecule has 0 aliphatic rings. The van der Waals surface area contributed by atoms with E-state index in [4.69, 9.17) is 9.47 Å². The number of aromatic nitrogens is 1. The van der Waals surface area contributed by atoms with Crippen LogP contribution in [0.1, 0.15) is 17.0 Å². The molecule has 0 atom stereocenters. The topological polar surface area (TPSA) is 35.4 Å². The molecule has 0 bridgehead atoms. The van der Waals surface area contributed by atoms with Gasteiger partial charge in [-0.3, -0.25) is 4.68 Å². The Bertz CT molecular complexity index is 542. The number of methoxy groups -OCH3 is 2. The van der Waals surface area contributed by atoms with Crippen molar-refractivity contribution in [3.05, 3.63) is 47.3 Å². The average Bonchev–Trinajstić information content (AvgIpc) is 2.75. The fourth-order valence-corrected chi connectivity index (χ4v) is 2.17. The Labute approximate surface area is 113 Å². The molecule has 0 saturated carbocycles. The van der Waals surface area contributed by atoms with E-state index in [2.05, 4.69) is 36.1 Å². The van der Waals surface area contributed by atoms with E-state index in [1.807, 2.05) is 18.2 Å². The van der Waals surface area contributed by atoms with Gasteiger partial charge in [0.25, 0.3) is 0 Å². The first-order chi connectivity index (χ1) is 9.17. The monoisotopic (exact) mass is 260 g/mol. The second kappa shape index (κ2) is 5.69. The molecule has 19 heavy (non-hydrogen) atoms. The molecule has 0 radical (unpaired) electrons. The van der Waals surface area contributed by atoms with E-state index < -0.39 is 0 Å². The Morgan fingerprint density at radius 1 is 1.00 bits per heavy atom. The molecule has 102 valence electrons. The van der Waals surface area contributed by atoms with Crippen LogP contribution in [0.2, 0.25) is 0 Å². The second-order valence-corrected chi connectivity index (χ2v) is 4.44. The zero-order valence-electron chi connectivity index (χ0n) is 11.9. The van der Waals surface area contributed by atoms with Crippen molar-refractivity contribution in [3.8, 4) is 11.5 Å². The van der Waals surface area contributed by atoms with Crippen molar-refractivity contribution in [2.75, 3.05) is 19.6 Å². The quantitative estimate of drug-likeness (QED) is 0.898. The first-order valence-corrected chi connectivity index (χ1v) is 6.26. The maximum absolute atomic E-state index is 5.42. The largest absolute Gasteiger partial charge is 0.493 e. The molecular weight excluding hydrogens is 240 g/mol. The van der Waals surface area contributed by atoms with Crippen LogP contribution in [0.4, 0.5) is 0 Å². The summed E-state index contributed by atoms with van der Waals surface area (Å²) in [4.78, 5) is 0. The van der Waals surface area contributed by atoms with E-state index in [1.54, 1.807) is 14.2 Å². The van der Waals surface area contributed by atoms with Gasteiger partial charge in [-0.2, -0.15) is 0 Å². The third-order valence-electron chi connectivity index (χ3n) is 3.18. The van der Waals surface area contributed by atoms with Gasteiger partial charge in [0.2, 0.25) is 0 Å². The zero-order chi connectivity index (χ0) is 13.8. The van der Waals surface area contributed by atoms with E-state index in [-0.39, 0.29) is 0 Å². The number of hydrogen-bond donors (Lipinski definition) is 1. The van der Waals surface area contributed by atoms with Crippen LogP contribution in [0.5, 0.6) is 11.5 Å². The SMILES string of the molecule is COc1cccc(CNn2c(C)ccc2C)c1OC. The predicted octanol–water partition coefficient (Wildman–Crippen LogP) is 2.87. The maximum atomic E-state index is 5.42. The normalized spacial score (nSPS) is 10.3. The van der Waals surface area contributed by atoms with E-state index in [0.717, 1.165) is 17.1 Å². The number of para-hydroxylation sites is 1. The van der Waals surface area contributed by atoms with Gasteiger partial charge < -0.3 is 14.9 Å². The number of benzene rings is 1. The lowest BCUT2D eigenvalue weighted by molar-refractivity contribution is 0.352. The van der Waals surface area contributed by atoms with Gasteiger partial charge in [0.1, 0.15) is 0 Å². The standard InChI is InChI=1S/C15H20N2O2/c1-11-8-9-12(2)17(11)16-10-13-6-5-7-14(18-3)15(13)19-4/h5-9,16H,10H2,1-4H3. The van der Waals surface area contributed by atoms with Crippen LogP contribution in [0.15, 0.2) is 30.3 Å². The Hall–Kier alpha value is -2.10. The molecule has 1 heterocycles. The molecule has 2 rings (SSSR count). The summed E-state index contributed by atoms with van der Waals surface area (Å²) in [5.41, 5.74) is 6.81. The van der Waals surface area contributed by atoms with Crippen LogP contribution < -0.4 is 14.9 Å². The van der Waals surface area contributed by atoms with Gasteiger partial charge in [-0.1, -0.05) is 12.1 Å². The number of hydrogen-bond acceptors (Lipinski definition) is 3. The van der Waals surface area contributed by atoms with Crippen molar-refractivity contribution in [2.24, 2.45) is 0 Å². The lowest BCUT2D eigenvalue weighted by Gasteiger charge is -2.16. The van der Waals surface area contributed by atoms with Gasteiger partial charge in [0, 0.05) is 17.0 Å². The minimum Gasteiger partial charge on any atom is -0.493 e. The van der Waals surface area contributed by atoms with Crippen LogP contribution in [0.25, 0.3) is 0 Å². The Balaban J connectivity index is 2.20. The summed E-state index contributed by atoms with van der Waals surface area (Å²) in [5.74, 6) is 1.53. The molecule has 4 nitrogen and oxygen atoms in total. The van der Waals surface area contributed by atoms with E-state index >= 15 is 0 Å². The number of aryl methyl sites for hydroxylation is 2. The minimum atomic E-state index is 0.677. The Kier molecular flexibility index (Phi) is 4.00. The van der Waals surface area contributed by atoms with E-state index in [0.29, 0.717) is 6.54 Å². The Morgan fingerprint density at radius 2 is 1.68 bits per heavy atom. The van der Waals surface area contributed by atoms with Crippen molar-refractivity contribution >= 4 is 0 Å². The number of nitrogens with zero attached hydrogens (tertiary/aromatic N) is 1. The van der Waals surface area contributed by atoms with E-state index in [1.165, 1.54) is 11.4 Å². The lowest BCUT2D eigenvalue weighted by atomic mass is 10.2. The van der Waals surface area contributed by atoms with E-state index in [9.17, 15) is 0 Å². The van der Waals surface area contributed by atoms with Crippen molar-refractivity contribution in [1.82, 2.24) is 4.68 Å². The van der Waals surface area contributed by atoms with Crippen molar-refractivity contribution in [1.29, 1.82) is 0 Å². The summed E-state index contributed by atoms with van der Waals surface area (Å²) in [5, 5.41) is 0. The van der Waals surface area contributed by atoms with Gasteiger partial charge in [-0.25, -0.2) is 0 Å². The summed E-state index contributed by atoms with van der Waals surface area (Å²) in [6.45, 7) is 4.82.